The van der Waals surface area contributed by atoms with Crippen LogP contribution in [0, 0.1) is 5.82 Å². The molecule has 110 valence electrons. The van der Waals surface area contributed by atoms with Gasteiger partial charge in [-0.05, 0) is 64.2 Å². The molecule has 0 spiro atoms. The van der Waals surface area contributed by atoms with Crippen molar-refractivity contribution in [2.45, 2.75) is 25.0 Å². The number of ether oxygens (including phenoxy) is 1. The molecule has 1 aliphatic rings. The molecule has 3 rings (SSSR count). The molecule has 1 aliphatic carbocycles. The smallest absolute Gasteiger partial charge is 0.137 e. The Kier molecular flexibility index (Phi) is 4.24. The first-order valence-corrected chi connectivity index (χ1v) is 7.64. The van der Waals surface area contributed by atoms with Gasteiger partial charge in [0.25, 0.3) is 0 Å². The van der Waals surface area contributed by atoms with E-state index in [0.717, 1.165) is 29.7 Å². The monoisotopic (exact) mass is 350 g/mol. The van der Waals surface area contributed by atoms with E-state index < -0.39 is 0 Å². The van der Waals surface area contributed by atoms with Gasteiger partial charge in [0.05, 0.1) is 16.6 Å². The summed E-state index contributed by atoms with van der Waals surface area (Å²) < 4.78 is 19.9. The fourth-order valence-electron chi connectivity index (χ4n) is 2.22. The molecule has 1 saturated carbocycles. The topological polar surface area (TPSA) is 47.3 Å². The van der Waals surface area contributed by atoms with Crippen molar-refractivity contribution in [3.05, 3.63) is 63.9 Å². The van der Waals surface area contributed by atoms with E-state index in [1.165, 1.54) is 6.07 Å². The molecule has 3 nitrogen and oxygen atoms in total. The Hall–Kier alpha value is -1.43. The lowest BCUT2D eigenvalue weighted by atomic mass is 9.99. The second-order valence-electron chi connectivity index (χ2n) is 5.16. The first kappa shape index (κ1) is 14.5. The van der Waals surface area contributed by atoms with E-state index >= 15 is 0 Å². The van der Waals surface area contributed by atoms with Crippen molar-refractivity contribution >= 4 is 15.9 Å². The molecule has 1 unspecified atom stereocenters. The van der Waals surface area contributed by atoms with Gasteiger partial charge in [-0.15, -0.1) is 0 Å². The lowest BCUT2D eigenvalue weighted by Gasteiger charge is -2.18. The SMILES string of the molecule is NNC(c1cccc(OC2CC2)c1)c1ccc(Br)c(F)c1. The molecule has 2 aromatic carbocycles. The Balaban J connectivity index is 1.89. The van der Waals surface area contributed by atoms with Gasteiger partial charge in [-0.1, -0.05) is 18.2 Å². The van der Waals surface area contributed by atoms with Crippen LogP contribution in [0.5, 0.6) is 5.75 Å². The lowest BCUT2D eigenvalue weighted by Crippen LogP contribution is -2.28. The third-order valence-electron chi connectivity index (χ3n) is 3.46. The van der Waals surface area contributed by atoms with Gasteiger partial charge in [-0.2, -0.15) is 0 Å². The zero-order valence-corrected chi connectivity index (χ0v) is 12.9. The van der Waals surface area contributed by atoms with Crippen molar-refractivity contribution in [1.29, 1.82) is 0 Å². The Morgan fingerprint density at radius 1 is 1.19 bits per heavy atom. The molecule has 0 aromatic heterocycles. The van der Waals surface area contributed by atoms with E-state index in [9.17, 15) is 4.39 Å². The molecule has 21 heavy (non-hydrogen) atoms. The largest absolute Gasteiger partial charge is 0.490 e. The van der Waals surface area contributed by atoms with Gasteiger partial charge in [-0.3, -0.25) is 5.84 Å². The third kappa shape index (κ3) is 3.43. The number of hydrazine groups is 1. The Bertz CT molecular complexity index is 646. The fraction of sp³-hybridized carbons (Fsp3) is 0.250. The second-order valence-corrected chi connectivity index (χ2v) is 6.02. The number of rotatable bonds is 5. The Labute approximate surface area is 131 Å². The average Bonchev–Trinajstić information content (AvgIpc) is 3.28. The zero-order valence-electron chi connectivity index (χ0n) is 11.4. The highest BCUT2D eigenvalue weighted by Crippen LogP contribution is 2.30. The number of benzene rings is 2. The van der Waals surface area contributed by atoms with Crippen LogP contribution in [0.4, 0.5) is 4.39 Å². The molecule has 2 aromatic rings. The number of nitrogens with two attached hydrogens (primary N) is 1. The lowest BCUT2D eigenvalue weighted by molar-refractivity contribution is 0.302. The highest BCUT2D eigenvalue weighted by atomic mass is 79.9. The number of halogens is 2. The number of nitrogens with one attached hydrogen (secondary N) is 1. The van der Waals surface area contributed by atoms with Crippen LogP contribution in [0.2, 0.25) is 0 Å². The average molecular weight is 351 g/mol. The predicted molar refractivity (Wildman–Crippen MR) is 83.4 cm³/mol. The van der Waals surface area contributed by atoms with Crippen molar-refractivity contribution in [3.63, 3.8) is 0 Å². The first-order valence-electron chi connectivity index (χ1n) is 6.85. The van der Waals surface area contributed by atoms with Crippen LogP contribution in [-0.2, 0) is 0 Å². The minimum atomic E-state index is -0.307. The summed E-state index contributed by atoms with van der Waals surface area (Å²) in [4.78, 5) is 0. The van der Waals surface area contributed by atoms with Crippen LogP contribution in [0.15, 0.2) is 46.9 Å². The molecule has 0 aliphatic heterocycles. The summed E-state index contributed by atoms with van der Waals surface area (Å²) in [7, 11) is 0. The molecular formula is C16H16BrFN2O. The maximum Gasteiger partial charge on any atom is 0.137 e. The van der Waals surface area contributed by atoms with Crippen LogP contribution in [0.25, 0.3) is 0 Å². The molecule has 1 fully saturated rings. The van der Waals surface area contributed by atoms with Crippen LogP contribution in [-0.4, -0.2) is 6.10 Å². The molecule has 0 amide bonds. The molecule has 5 heteroatoms. The van der Waals surface area contributed by atoms with Gasteiger partial charge in [0.15, 0.2) is 0 Å². The van der Waals surface area contributed by atoms with Gasteiger partial charge in [0, 0.05) is 0 Å². The Morgan fingerprint density at radius 3 is 2.62 bits per heavy atom. The standard InChI is InChI=1S/C16H16BrFN2O/c17-14-7-4-11(9-15(14)18)16(20-19)10-2-1-3-13(8-10)21-12-5-6-12/h1-4,7-9,12,16,20H,5-6,19H2. The van der Waals surface area contributed by atoms with Gasteiger partial charge in [0.2, 0.25) is 0 Å². The van der Waals surface area contributed by atoms with Crippen molar-refractivity contribution in [2.24, 2.45) is 5.84 Å². The molecule has 3 N–H and O–H groups in total. The number of hydrogen-bond donors (Lipinski definition) is 2. The number of hydrogen-bond acceptors (Lipinski definition) is 3. The fourth-order valence-corrected chi connectivity index (χ4v) is 2.47. The first-order chi connectivity index (χ1) is 10.2. The normalized spacial score (nSPS) is 15.8. The summed E-state index contributed by atoms with van der Waals surface area (Å²) in [6.45, 7) is 0. The molecule has 0 bridgehead atoms. The van der Waals surface area contributed by atoms with Crippen LogP contribution in [0.1, 0.15) is 30.0 Å². The quantitative estimate of drug-likeness (QED) is 0.638. The summed E-state index contributed by atoms with van der Waals surface area (Å²) in [5.41, 5.74) is 4.45. The summed E-state index contributed by atoms with van der Waals surface area (Å²) in [6.07, 6.45) is 2.57. The predicted octanol–water partition coefficient (Wildman–Crippen LogP) is 3.68. The van der Waals surface area contributed by atoms with Gasteiger partial charge in [-0.25, -0.2) is 9.82 Å². The third-order valence-corrected chi connectivity index (χ3v) is 4.11. The maximum absolute atomic E-state index is 13.7. The van der Waals surface area contributed by atoms with Gasteiger partial charge >= 0.3 is 0 Å². The second kappa shape index (κ2) is 6.13. The highest BCUT2D eigenvalue weighted by molar-refractivity contribution is 9.10. The van der Waals surface area contributed by atoms with Crippen LogP contribution < -0.4 is 16.0 Å². The summed E-state index contributed by atoms with van der Waals surface area (Å²) >= 11 is 3.16. The van der Waals surface area contributed by atoms with E-state index in [0.29, 0.717) is 10.6 Å². The van der Waals surface area contributed by atoms with Crippen molar-refractivity contribution in [3.8, 4) is 5.75 Å². The van der Waals surface area contributed by atoms with Crippen molar-refractivity contribution in [1.82, 2.24) is 5.43 Å². The summed E-state index contributed by atoms with van der Waals surface area (Å²) in [5.74, 6) is 6.18. The summed E-state index contributed by atoms with van der Waals surface area (Å²) in [5, 5.41) is 0. The van der Waals surface area contributed by atoms with E-state index in [1.54, 1.807) is 6.07 Å². The van der Waals surface area contributed by atoms with E-state index in [-0.39, 0.29) is 11.9 Å². The molecule has 0 heterocycles. The van der Waals surface area contributed by atoms with Gasteiger partial charge in [0.1, 0.15) is 11.6 Å². The van der Waals surface area contributed by atoms with Crippen molar-refractivity contribution in [2.75, 3.05) is 0 Å². The van der Waals surface area contributed by atoms with Crippen LogP contribution >= 0.6 is 15.9 Å². The molecule has 0 saturated heterocycles. The minimum Gasteiger partial charge on any atom is -0.490 e. The van der Waals surface area contributed by atoms with E-state index in [2.05, 4.69) is 21.4 Å². The van der Waals surface area contributed by atoms with Gasteiger partial charge < -0.3 is 4.74 Å². The highest BCUT2D eigenvalue weighted by Gasteiger charge is 2.24. The Morgan fingerprint density at radius 2 is 1.95 bits per heavy atom. The summed E-state index contributed by atoms with van der Waals surface area (Å²) in [6, 6.07) is 12.5. The minimum absolute atomic E-state index is 0.282. The molecule has 0 radical (unpaired) electrons. The molecular weight excluding hydrogens is 335 g/mol. The zero-order chi connectivity index (χ0) is 14.8. The van der Waals surface area contributed by atoms with E-state index in [1.807, 2.05) is 30.3 Å². The van der Waals surface area contributed by atoms with Crippen LogP contribution in [0.3, 0.4) is 0 Å². The molecule has 1 atom stereocenters. The van der Waals surface area contributed by atoms with E-state index in [4.69, 9.17) is 10.6 Å². The van der Waals surface area contributed by atoms with Crippen molar-refractivity contribution < 1.29 is 9.13 Å². The maximum atomic E-state index is 13.7.